The van der Waals surface area contributed by atoms with Crippen molar-refractivity contribution >= 4 is 29.0 Å². The van der Waals surface area contributed by atoms with Crippen molar-refractivity contribution in [1.82, 2.24) is 0 Å². The summed E-state index contributed by atoms with van der Waals surface area (Å²) in [5.74, 6) is -7.54. The van der Waals surface area contributed by atoms with Crippen LogP contribution in [0.25, 0.3) is 0 Å². The molecule has 22 nitrogen and oxygen atoms in total. The van der Waals surface area contributed by atoms with Crippen molar-refractivity contribution in [3.63, 3.8) is 0 Å². The van der Waals surface area contributed by atoms with Crippen molar-refractivity contribution in [2.75, 3.05) is 32.7 Å². The molecule has 0 saturated carbocycles. The molecule has 0 aromatic heterocycles. The smallest absolute Gasteiger partial charge is 0.367 e. The summed E-state index contributed by atoms with van der Waals surface area (Å²) in [6.45, 7) is -2.73. The quantitative estimate of drug-likeness (QED) is 0.0650. The zero-order chi connectivity index (χ0) is 41.5. The fourth-order valence-corrected chi connectivity index (χ4v) is 8.02. The zero-order valence-electron chi connectivity index (χ0n) is 29.8. The van der Waals surface area contributed by atoms with Crippen molar-refractivity contribution in [1.29, 1.82) is 0 Å². The molecule has 4 aliphatic heterocycles. The molecule has 11 N–H and O–H groups in total. The Balaban J connectivity index is 1.27. The molecule has 57 heavy (non-hydrogen) atoms. The molecule has 0 amide bonds. The third-order valence-corrected chi connectivity index (χ3v) is 11.2. The van der Waals surface area contributed by atoms with Crippen LogP contribution >= 0.6 is 11.8 Å². The first-order chi connectivity index (χ1) is 27.1. The molecular formula is C34H44O22S. The van der Waals surface area contributed by atoms with E-state index in [0.717, 1.165) is 24.3 Å². The first-order valence-corrected chi connectivity index (χ1v) is 18.9. The first-order valence-electron chi connectivity index (χ1n) is 17.6. The van der Waals surface area contributed by atoms with Gasteiger partial charge in [-0.05, 0) is 29.2 Å². The van der Waals surface area contributed by atoms with Gasteiger partial charge in [-0.2, -0.15) is 0 Å². The number of carbonyl (C=O) groups is 3. The molecule has 18 atom stereocenters. The highest BCUT2D eigenvalue weighted by Crippen LogP contribution is 2.47. The van der Waals surface area contributed by atoms with Crippen LogP contribution in [0.2, 0.25) is 0 Å². The lowest BCUT2D eigenvalue weighted by Crippen LogP contribution is -2.62. The van der Waals surface area contributed by atoms with Gasteiger partial charge in [-0.3, -0.25) is 0 Å². The van der Waals surface area contributed by atoms with Gasteiger partial charge in [-0.25, -0.2) is 14.4 Å². The maximum Gasteiger partial charge on any atom is 0.367 e. The van der Waals surface area contributed by atoms with Crippen molar-refractivity contribution in [2.24, 2.45) is 23.7 Å². The van der Waals surface area contributed by atoms with Crippen molar-refractivity contribution in [2.45, 2.75) is 86.2 Å². The second kappa shape index (κ2) is 17.9. The van der Waals surface area contributed by atoms with E-state index in [4.69, 9.17) is 37.9 Å². The number of esters is 1. The van der Waals surface area contributed by atoms with Crippen molar-refractivity contribution in [3.8, 4) is 0 Å². The molecule has 2 aliphatic carbocycles. The molecule has 0 bridgehead atoms. The Morgan fingerprint density at radius 2 is 1.19 bits per heavy atom. The highest BCUT2D eigenvalue weighted by molar-refractivity contribution is 8.12. The minimum Gasteiger partial charge on any atom is -0.478 e. The normalized spacial score (nSPS) is 42.6. The SMILES string of the molecule is CSC(=O)OCC1=C[C@H](O)[C@@H]2C(C(=O)O[C@H]3[C@H](O[C@@H]4OC=C(C(=O)O)[C@@H]5[C@H]4C(CO)=C[C@@H]5O)O[C@H](CO)[C@@H](O)[C@@H]3O)=CO[C@@H](O[C@@H]3O[C@H](CO)[C@@H](O)[C@H](O)[C@H]3O)[C@H]12. The molecule has 6 rings (SSSR count). The number of rotatable bonds is 12. The van der Waals surface area contributed by atoms with E-state index in [1.165, 1.54) is 18.4 Å². The number of fused-ring (bicyclic) bond motifs is 2. The van der Waals surface area contributed by atoms with Crippen LogP contribution in [-0.2, 0) is 47.5 Å². The largest absolute Gasteiger partial charge is 0.478 e. The molecule has 23 heteroatoms. The Kier molecular flexibility index (Phi) is 13.6. The van der Waals surface area contributed by atoms with Crippen LogP contribution in [0.4, 0.5) is 4.79 Å². The average Bonchev–Trinajstić information content (AvgIpc) is 3.72. The van der Waals surface area contributed by atoms with Crippen molar-refractivity contribution < 1.29 is 108 Å². The Morgan fingerprint density at radius 3 is 1.77 bits per heavy atom. The van der Waals surface area contributed by atoms with Crippen LogP contribution in [0.15, 0.2) is 47.0 Å². The summed E-state index contributed by atoms with van der Waals surface area (Å²) in [5, 5.41) is 114. The summed E-state index contributed by atoms with van der Waals surface area (Å²) >= 11 is 0.742. The van der Waals surface area contributed by atoms with E-state index >= 15 is 0 Å². The Labute approximate surface area is 326 Å². The van der Waals surface area contributed by atoms with E-state index in [-0.39, 0.29) is 16.7 Å². The second-order valence-electron chi connectivity index (χ2n) is 14.0. The zero-order valence-corrected chi connectivity index (χ0v) is 30.7. The number of aliphatic hydroxyl groups excluding tert-OH is 10. The van der Waals surface area contributed by atoms with Gasteiger partial charge in [0.25, 0.3) is 0 Å². The van der Waals surface area contributed by atoms with Gasteiger partial charge < -0.3 is 94.1 Å². The fraction of sp³-hybridized carbons (Fsp3) is 0.676. The third-order valence-electron chi connectivity index (χ3n) is 10.7. The summed E-state index contributed by atoms with van der Waals surface area (Å²) in [5.41, 5.74) is -0.454. The van der Waals surface area contributed by atoms with E-state index < -0.39 is 159 Å². The van der Waals surface area contributed by atoms with Gasteiger partial charge in [0, 0.05) is 11.8 Å². The predicted molar refractivity (Wildman–Crippen MR) is 181 cm³/mol. The summed E-state index contributed by atoms with van der Waals surface area (Å²) < 4.78 is 45.1. The second-order valence-corrected chi connectivity index (χ2v) is 14.7. The van der Waals surface area contributed by atoms with Gasteiger partial charge >= 0.3 is 17.2 Å². The van der Waals surface area contributed by atoms with Crippen LogP contribution in [0.1, 0.15) is 0 Å². The molecule has 0 spiro atoms. The van der Waals surface area contributed by atoms with Gasteiger partial charge in [-0.15, -0.1) is 0 Å². The van der Waals surface area contributed by atoms with E-state index in [0.29, 0.717) is 0 Å². The molecule has 2 saturated heterocycles. The van der Waals surface area contributed by atoms with Crippen LogP contribution in [0.5, 0.6) is 0 Å². The standard InChI is InChI=1S/C34H44O22S/c1-57-34(48)51-7-11-3-15(39)21-13(9-50-31(19(11)21)55-32-26(44)24(42)22(40)16(5-36)52-32)29(47)54-27-25(43)23(41)17(6-37)53-33(27)56-30-18-10(4-35)2-14(38)20(18)12(8-49-30)28(45)46/h2-3,8-9,14-27,30-33,35-44H,4-7H2,1H3,(H,45,46)/t14-,15-,16+,17+,18+,19+,20-,21-,22+,23+,24-,25-,26+,27+,30-,31-,32-,33-/m0/s1. The number of aliphatic hydroxyl groups is 10. The Morgan fingerprint density at radius 1 is 0.667 bits per heavy atom. The molecule has 0 unspecified atom stereocenters. The van der Waals surface area contributed by atoms with Crippen LogP contribution in [-0.4, -0.2) is 192 Å². The number of hydrogen-bond acceptors (Lipinski definition) is 22. The van der Waals surface area contributed by atoms with Gasteiger partial charge in [0.1, 0.15) is 49.3 Å². The number of carboxylic acids is 1. The van der Waals surface area contributed by atoms with Crippen LogP contribution < -0.4 is 0 Å². The first kappa shape index (κ1) is 43.3. The molecule has 4 heterocycles. The molecule has 0 aromatic rings. The molecule has 0 aromatic carbocycles. The lowest BCUT2D eigenvalue weighted by molar-refractivity contribution is -0.342. The number of ether oxygens (including phenoxy) is 8. The number of thioether (sulfide) groups is 1. The minimum absolute atomic E-state index is 0.130. The lowest BCUT2D eigenvalue weighted by Gasteiger charge is -2.44. The van der Waals surface area contributed by atoms with Crippen LogP contribution in [0, 0.1) is 23.7 Å². The Hall–Kier alpha value is -3.24. The summed E-state index contributed by atoms with van der Waals surface area (Å²) in [4.78, 5) is 38.0. The number of aliphatic carboxylic acids is 1. The molecule has 2 fully saturated rings. The summed E-state index contributed by atoms with van der Waals surface area (Å²) in [6, 6.07) is 0. The maximum atomic E-state index is 14.0. The lowest BCUT2D eigenvalue weighted by atomic mass is 9.82. The summed E-state index contributed by atoms with van der Waals surface area (Å²) in [7, 11) is 0. The van der Waals surface area contributed by atoms with Gasteiger partial charge in [-0.1, -0.05) is 12.2 Å². The van der Waals surface area contributed by atoms with E-state index in [1.807, 2.05) is 0 Å². The van der Waals surface area contributed by atoms with Crippen LogP contribution in [0.3, 0.4) is 0 Å². The van der Waals surface area contributed by atoms with Gasteiger partial charge in [0.05, 0.1) is 67.5 Å². The van der Waals surface area contributed by atoms with E-state index in [2.05, 4.69) is 0 Å². The average molecular weight is 837 g/mol. The van der Waals surface area contributed by atoms with Gasteiger partial charge in [0.15, 0.2) is 12.4 Å². The minimum atomic E-state index is -2.02. The fourth-order valence-electron chi connectivity index (χ4n) is 7.85. The number of carbonyl (C=O) groups excluding carboxylic acids is 2. The molecule has 318 valence electrons. The predicted octanol–water partition coefficient (Wildman–Crippen LogP) is -4.71. The molecular weight excluding hydrogens is 792 g/mol. The molecule has 6 aliphatic rings. The van der Waals surface area contributed by atoms with E-state index in [1.54, 1.807) is 0 Å². The summed E-state index contributed by atoms with van der Waals surface area (Å²) in [6.07, 6.45) is -18.2. The topological polar surface area (TPSA) is 348 Å². The highest BCUT2D eigenvalue weighted by atomic mass is 32.2. The highest BCUT2D eigenvalue weighted by Gasteiger charge is 2.56. The molecule has 0 radical (unpaired) electrons. The Bertz CT molecular complexity index is 1630. The maximum absolute atomic E-state index is 14.0. The third kappa shape index (κ3) is 8.33. The van der Waals surface area contributed by atoms with E-state index in [9.17, 15) is 70.6 Å². The monoisotopic (exact) mass is 836 g/mol. The van der Waals surface area contributed by atoms with Gasteiger partial charge in [0.2, 0.25) is 18.9 Å². The number of hydrogen-bond donors (Lipinski definition) is 11. The van der Waals surface area contributed by atoms with Crippen molar-refractivity contribution in [3.05, 3.63) is 47.0 Å². The number of carboxylic acid groups (broad SMARTS) is 1.